The second kappa shape index (κ2) is 8.80. The molecule has 4 nitrogen and oxygen atoms in total. The number of rotatable bonds is 4. The van der Waals surface area contributed by atoms with Crippen molar-refractivity contribution >= 4 is 23.6 Å². The average Bonchev–Trinajstić information content (AvgIpc) is 3.11. The molecule has 2 atom stereocenters. The highest BCUT2D eigenvalue weighted by Gasteiger charge is 2.42. The van der Waals surface area contributed by atoms with Crippen LogP contribution in [0.4, 0.5) is 4.39 Å². The molecule has 30 heavy (non-hydrogen) atoms. The minimum Gasteiger partial charge on any atom is -0.352 e. The Morgan fingerprint density at radius 3 is 2.37 bits per heavy atom. The van der Waals surface area contributed by atoms with Crippen molar-refractivity contribution in [2.45, 2.75) is 57.5 Å². The highest BCUT2D eigenvalue weighted by molar-refractivity contribution is 7.99. The number of halogens is 1. The number of amides is 2. The van der Waals surface area contributed by atoms with Crippen LogP contribution in [-0.4, -0.2) is 34.6 Å². The van der Waals surface area contributed by atoms with Crippen LogP contribution in [0.25, 0.3) is 0 Å². The van der Waals surface area contributed by atoms with Crippen molar-refractivity contribution in [1.82, 2.24) is 10.2 Å². The highest BCUT2D eigenvalue weighted by atomic mass is 32.2. The van der Waals surface area contributed by atoms with Gasteiger partial charge in [-0.3, -0.25) is 9.59 Å². The van der Waals surface area contributed by atoms with Crippen molar-refractivity contribution in [1.29, 1.82) is 0 Å². The van der Waals surface area contributed by atoms with Gasteiger partial charge in [0.1, 0.15) is 17.2 Å². The van der Waals surface area contributed by atoms with Crippen LogP contribution in [0.15, 0.2) is 48.5 Å². The lowest BCUT2D eigenvalue weighted by Crippen LogP contribution is -2.49. The lowest BCUT2D eigenvalue weighted by molar-refractivity contribution is -0.125. The van der Waals surface area contributed by atoms with Gasteiger partial charge >= 0.3 is 0 Å². The molecule has 0 radical (unpaired) electrons. The van der Waals surface area contributed by atoms with Crippen molar-refractivity contribution in [3.63, 3.8) is 0 Å². The van der Waals surface area contributed by atoms with Gasteiger partial charge in [-0.15, -0.1) is 11.8 Å². The van der Waals surface area contributed by atoms with Gasteiger partial charge in [-0.25, -0.2) is 4.39 Å². The maximum atomic E-state index is 13.9. The third kappa shape index (κ3) is 4.86. The van der Waals surface area contributed by atoms with Crippen molar-refractivity contribution in [2.24, 2.45) is 0 Å². The fourth-order valence-electron chi connectivity index (χ4n) is 3.52. The van der Waals surface area contributed by atoms with E-state index in [1.54, 1.807) is 17.0 Å². The molecule has 0 bridgehead atoms. The molecular weight excluding hydrogens is 399 g/mol. The summed E-state index contributed by atoms with van der Waals surface area (Å²) in [6.07, 6.45) is 0. The number of benzene rings is 2. The van der Waals surface area contributed by atoms with Crippen LogP contribution in [0.1, 0.15) is 61.5 Å². The Balaban J connectivity index is 1.96. The van der Waals surface area contributed by atoms with Crippen molar-refractivity contribution < 1.29 is 14.0 Å². The van der Waals surface area contributed by atoms with E-state index in [-0.39, 0.29) is 29.1 Å². The first-order chi connectivity index (χ1) is 14.1. The summed E-state index contributed by atoms with van der Waals surface area (Å²) in [5, 5.41) is 2.50. The van der Waals surface area contributed by atoms with Crippen LogP contribution in [0.3, 0.4) is 0 Å². The van der Waals surface area contributed by atoms with Crippen LogP contribution in [-0.2, 0) is 10.2 Å². The minimum atomic E-state index is -0.611. The molecule has 1 fully saturated rings. The summed E-state index contributed by atoms with van der Waals surface area (Å²) in [5.74, 6) is -0.300. The molecule has 0 aliphatic carbocycles. The summed E-state index contributed by atoms with van der Waals surface area (Å²) >= 11 is 1.48. The monoisotopic (exact) mass is 428 g/mol. The molecule has 2 aromatic rings. The van der Waals surface area contributed by atoms with Crippen molar-refractivity contribution in [2.75, 3.05) is 5.75 Å². The largest absolute Gasteiger partial charge is 0.352 e. The van der Waals surface area contributed by atoms with E-state index in [4.69, 9.17) is 0 Å². The Morgan fingerprint density at radius 2 is 1.80 bits per heavy atom. The number of hydrogen-bond donors (Lipinski definition) is 1. The Bertz CT molecular complexity index is 922. The Morgan fingerprint density at radius 1 is 1.13 bits per heavy atom. The predicted molar refractivity (Wildman–Crippen MR) is 120 cm³/mol. The maximum Gasteiger partial charge on any atom is 0.255 e. The van der Waals surface area contributed by atoms with E-state index in [1.165, 1.54) is 23.9 Å². The number of nitrogens with one attached hydrogen (secondary N) is 1. The summed E-state index contributed by atoms with van der Waals surface area (Å²) in [4.78, 5) is 28.0. The molecule has 0 unspecified atom stereocenters. The summed E-state index contributed by atoms with van der Waals surface area (Å²) in [7, 11) is 0. The van der Waals surface area contributed by atoms with E-state index in [2.05, 4.69) is 26.1 Å². The number of hydrogen-bond acceptors (Lipinski definition) is 3. The van der Waals surface area contributed by atoms with Gasteiger partial charge in [-0.2, -0.15) is 0 Å². The molecule has 1 N–H and O–H groups in total. The molecule has 2 aromatic carbocycles. The van der Waals surface area contributed by atoms with Gasteiger partial charge in [-0.05, 0) is 54.7 Å². The van der Waals surface area contributed by atoms with Gasteiger partial charge in [0, 0.05) is 17.4 Å². The molecule has 1 heterocycles. The first-order valence-corrected chi connectivity index (χ1v) is 11.2. The fraction of sp³-hybridized carbons (Fsp3) is 0.417. The summed E-state index contributed by atoms with van der Waals surface area (Å²) in [6.45, 7) is 10.1. The van der Waals surface area contributed by atoms with E-state index in [9.17, 15) is 14.0 Å². The highest BCUT2D eigenvalue weighted by Crippen LogP contribution is 2.42. The Labute approximate surface area is 182 Å². The van der Waals surface area contributed by atoms with E-state index < -0.39 is 11.4 Å². The molecule has 1 aliphatic heterocycles. The lowest BCUT2D eigenvalue weighted by Gasteiger charge is -2.30. The second-order valence-corrected chi connectivity index (χ2v) is 10.1. The van der Waals surface area contributed by atoms with E-state index in [0.717, 1.165) is 5.56 Å². The quantitative estimate of drug-likeness (QED) is 0.753. The molecule has 1 aliphatic rings. The van der Waals surface area contributed by atoms with Gasteiger partial charge in [0.2, 0.25) is 5.91 Å². The number of thioether (sulfide) groups is 1. The van der Waals surface area contributed by atoms with E-state index in [1.807, 2.05) is 38.1 Å². The first-order valence-electron chi connectivity index (χ1n) is 10.2. The molecular formula is C24H29FN2O2S. The topological polar surface area (TPSA) is 49.4 Å². The number of carbonyl (C=O) groups is 2. The summed E-state index contributed by atoms with van der Waals surface area (Å²) in [6, 6.07) is 13.1. The normalized spacial score (nSPS) is 19.2. The van der Waals surface area contributed by atoms with Gasteiger partial charge in [0.25, 0.3) is 5.91 Å². The molecule has 1 saturated heterocycles. The van der Waals surface area contributed by atoms with Crippen molar-refractivity contribution in [3.05, 3.63) is 71.0 Å². The molecule has 0 saturated carbocycles. The summed E-state index contributed by atoms with van der Waals surface area (Å²) in [5.41, 5.74) is 2.31. The van der Waals surface area contributed by atoms with E-state index >= 15 is 0 Å². The van der Waals surface area contributed by atoms with Gasteiger partial charge in [0.05, 0.1) is 0 Å². The third-order valence-corrected chi connectivity index (χ3v) is 6.42. The average molecular weight is 429 g/mol. The predicted octanol–water partition coefficient (Wildman–Crippen LogP) is 4.90. The van der Waals surface area contributed by atoms with Gasteiger partial charge in [-0.1, -0.05) is 45.0 Å². The second-order valence-electron chi connectivity index (χ2n) is 8.96. The minimum absolute atomic E-state index is 0.0190. The van der Waals surface area contributed by atoms with Crippen molar-refractivity contribution in [3.8, 4) is 0 Å². The number of carbonyl (C=O) groups excluding carboxylic acids is 2. The van der Waals surface area contributed by atoms with E-state index in [0.29, 0.717) is 16.9 Å². The SMILES string of the molecule is CC(C)NC(=O)[C@H]1CS[C@@H](c2cccc(F)c2)N1C(=O)c1ccc(C(C)(C)C)cc1. The Hall–Kier alpha value is -2.34. The lowest BCUT2D eigenvalue weighted by atomic mass is 9.86. The van der Waals surface area contributed by atoms with Gasteiger partial charge in [0.15, 0.2) is 0 Å². The number of nitrogens with zero attached hydrogens (tertiary/aromatic N) is 1. The molecule has 2 amide bonds. The Kier molecular flexibility index (Phi) is 6.56. The molecule has 6 heteroatoms. The van der Waals surface area contributed by atoms with Crippen LogP contribution >= 0.6 is 11.8 Å². The van der Waals surface area contributed by atoms with Crippen LogP contribution < -0.4 is 5.32 Å². The zero-order valence-corrected chi connectivity index (χ0v) is 18.9. The molecule has 160 valence electrons. The zero-order valence-electron chi connectivity index (χ0n) is 18.1. The fourth-order valence-corrected chi connectivity index (χ4v) is 4.93. The first kappa shape index (κ1) is 22.3. The van der Waals surface area contributed by atoms with Crippen LogP contribution in [0.2, 0.25) is 0 Å². The standard InChI is InChI=1S/C24H29FN2O2S/c1-15(2)26-21(28)20-14-30-23(17-7-6-8-19(25)13-17)27(20)22(29)16-9-11-18(12-10-16)24(3,4)5/h6-13,15,20,23H,14H2,1-5H3,(H,26,28)/t20-,23+/m1/s1. The zero-order chi connectivity index (χ0) is 22.1. The van der Waals surface area contributed by atoms with Crippen LogP contribution in [0.5, 0.6) is 0 Å². The molecule has 0 spiro atoms. The molecule has 3 rings (SSSR count). The summed E-state index contributed by atoms with van der Waals surface area (Å²) < 4.78 is 13.9. The van der Waals surface area contributed by atoms with Gasteiger partial charge < -0.3 is 10.2 Å². The third-order valence-electron chi connectivity index (χ3n) is 5.10. The molecule has 0 aromatic heterocycles. The smallest absolute Gasteiger partial charge is 0.255 e. The maximum absolute atomic E-state index is 13.9. The van der Waals surface area contributed by atoms with Crippen LogP contribution in [0, 0.1) is 5.82 Å².